The number of rotatable bonds is 12. The van der Waals surface area contributed by atoms with E-state index in [1.165, 1.54) is 0 Å². The third-order valence-electron chi connectivity index (χ3n) is 5.00. The number of anilines is 1. The summed E-state index contributed by atoms with van der Waals surface area (Å²) >= 11 is 0. The van der Waals surface area contributed by atoms with Crippen molar-refractivity contribution in [1.82, 2.24) is 4.90 Å². The summed E-state index contributed by atoms with van der Waals surface area (Å²) in [5.74, 6) is -0.0362. The molecular weight excluding hydrogens is 375 g/mol. The molecule has 0 aliphatic carbocycles. The molecule has 0 aliphatic heterocycles. The predicted octanol–water partition coefficient (Wildman–Crippen LogP) is 6.33. The van der Waals surface area contributed by atoms with E-state index in [4.69, 9.17) is 5.73 Å². The summed E-state index contributed by atoms with van der Waals surface area (Å²) in [4.78, 5) is 6.11. The number of nitrogens with two attached hydrogens (primary N) is 1. The van der Waals surface area contributed by atoms with Gasteiger partial charge in [0.2, 0.25) is 0 Å². The fourth-order valence-electron chi connectivity index (χ4n) is 3.61. The first-order valence-electron chi connectivity index (χ1n) is 10.8. The Kier molecular flexibility index (Phi) is 10.4. The molecule has 0 radical (unpaired) electrons. The van der Waals surface area contributed by atoms with Gasteiger partial charge in [0.15, 0.2) is 0 Å². The molecule has 0 fully saturated rings. The van der Waals surface area contributed by atoms with Crippen LogP contribution in [0.2, 0.25) is 0 Å². The Hall–Kier alpha value is -2.56. The summed E-state index contributed by atoms with van der Waals surface area (Å²) in [6.45, 7) is 20.4. The number of nitrogens with one attached hydrogen (secondary N) is 1. The first-order valence-corrected chi connectivity index (χ1v) is 10.8. The highest BCUT2D eigenvalue weighted by atomic mass is 19.1. The molecule has 0 aromatic heterocycles. The van der Waals surface area contributed by atoms with Crippen LogP contribution in [-0.4, -0.2) is 24.2 Å². The zero-order valence-electron chi connectivity index (χ0n) is 19.6. The van der Waals surface area contributed by atoms with E-state index in [1.807, 2.05) is 37.1 Å². The van der Waals surface area contributed by atoms with E-state index in [1.54, 1.807) is 6.07 Å². The summed E-state index contributed by atoms with van der Waals surface area (Å²) in [6, 6.07) is 3.70. The fraction of sp³-hybridized carbons (Fsp3) is 0.480. The van der Waals surface area contributed by atoms with Crippen LogP contribution < -0.4 is 11.1 Å². The van der Waals surface area contributed by atoms with E-state index in [2.05, 4.69) is 51.3 Å². The quantitative estimate of drug-likeness (QED) is 0.310. The lowest BCUT2D eigenvalue weighted by atomic mass is 9.92. The SMILES string of the molecule is C=N/C(C)=C(/C(=C)N)N(/C=C\C)CC(C)c1ccc(F)c(CCCC)c1NC(C)C. The smallest absolute Gasteiger partial charge is 0.128 e. The highest BCUT2D eigenvalue weighted by Gasteiger charge is 2.21. The molecule has 0 heterocycles. The number of hydrogen-bond donors (Lipinski definition) is 2. The van der Waals surface area contributed by atoms with Gasteiger partial charge in [-0.05, 0) is 65.1 Å². The van der Waals surface area contributed by atoms with Gasteiger partial charge in [-0.25, -0.2) is 4.39 Å². The van der Waals surface area contributed by atoms with E-state index in [-0.39, 0.29) is 17.8 Å². The molecule has 1 aromatic carbocycles. The second-order valence-electron chi connectivity index (χ2n) is 8.05. The van der Waals surface area contributed by atoms with E-state index in [0.717, 1.165) is 47.5 Å². The molecule has 0 saturated heterocycles. The van der Waals surface area contributed by atoms with Crippen LogP contribution in [0, 0.1) is 5.82 Å². The maximum atomic E-state index is 14.7. The molecule has 3 N–H and O–H groups in total. The van der Waals surface area contributed by atoms with E-state index < -0.39 is 0 Å². The molecule has 1 aromatic rings. The zero-order valence-corrected chi connectivity index (χ0v) is 19.6. The normalized spacial score (nSPS) is 13.3. The van der Waals surface area contributed by atoms with Crippen LogP contribution in [0.3, 0.4) is 0 Å². The summed E-state index contributed by atoms with van der Waals surface area (Å²) in [6.07, 6.45) is 6.62. The maximum Gasteiger partial charge on any atom is 0.128 e. The monoisotopic (exact) mass is 414 g/mol. The standard InChI is InChI=1S/C25H39FN4/c1-9-11-12-22-23(26)14-13-21(24(22)29-17(3)4)18(5)16-30(15-10-2)25(19(6)27)20(7)28-8/h10,13-15,17-18,29H,6,8-9,11-12,16,27H2,1-5,7H3/b15-10-,25-20-. The number of benzene rings is 1. The van der Waals surface area contributed by atoms with Gasteiger partial charge in [0, 0.05) is 29.8 Å². The van der Waals surface area contributed by atoms with Crippen molar-refractivity contribution < 1.29 is 4.39 Å². The van der Waals surface area contributed by atoms with Crippen molar-refractivity contribution >= 4 is 12.4 Å². The number of nitrogens with zero attached hydrogens (tertiary/aromatic N) is 2. The third kappa shape index (κ3) is 6.75. The molecule has 0 saturated carbocycles. The molecule has 0 amide bonds. The van der Waals surface area contributed by atoms with E-state index in [9.17, 15) is 4.39 Å². The highest BCUT2D eigenvalue weighted by Crippen LogP contribution is 2.33. The molecule has 166 valence electrons. The molecule has 0 bridgehead atoms. The van der Waals surface area contributed by atoms with Crippen LogP contribution in [0.15, 0.2) is 53.1 Å². The molecular formula is C25H39FN4. The van der Waals surface area contributed by atoms with Crippen LogP contribution in [0.4, 0.5) is 10.1 Å². The van der Waals surface area contributed by atoms with Gasteiger partial charge in [0.1, 0.15) is 5.82 Å². The van der Waals surface area contributed by atoms with Gasteiger partial charge < -0.3 is 16.0 Å². The van der Waals surface area contributed by atoms with Crippen molar-refractivity contribution in [2.24, 2.45) is 10.7 Å². The summed E-state index contributed by atoms with van der Waals surface area (Å²) in [5, 5.41) is 3.50. The minimum absolute atomic E-state index is 0.107. The topological polar surface area (TPSA) is 53.6 Å². The summed E-state index contributed by atoms with van der Waals surface area (Å²) in [5.41, 5.74) is 10.8. The molecule has 30 heavy (non-hydrogen) atoms. The predicted molar refractivity (Wildman–Crippen MR) is 129 cm³/mol. The Morgan fingerprint density at radius 3 is 2.50 bits per heavy atom. The van der Waals surface area contributed by atoms with Gasteiger partial charge in [-0.15, -0.1) is 0 Å². The Balaban J connectivity index is 3.44. The molecule has 1 rings (SSSR count). The van der Waals surface area contributed by atoms with Gasteiger partial charge in [0.05, 0.1) is 17.1 Å². The van der Waals surface area contributed by atoms with Crippen molar-refractivity contribution in [1.29, 1.82) is 0 Å². The van der Waals surface area contributed by atoms with Gasteiger partial charge in [-0.2, -0.15) is 0 Å². The lowest BCUT2D eigenvalue weighted by Gasteiger charge is -2.30. The molecule has 1 unspecified atom stereocenters. The van der Waals surface area contributed by atoms with Gasteiger partial charge >= 0.3 is 0 Å². The zero-order chi connectivity index (χ0) is 22.8. The van der Waals surface area contributed by atoms with Crippen LogP contribution in [0.1, 0.15) is 71.4 Å². The van der Waals surface area contributed by atoms with Crippen molar-refractivity contribution in [2.75, 3.05) is 11.9 Å². The molecule has 5 heteroatoms. The molecule has 0 spiro atoms. The lowest BCUT2D eigenvalue weighted by Crippen LogP contribution is -2.27. The minimum Gasteiger partial charge on any atom is -0.397 e. The van der Waals surface area contributed by atoms with Gasteiger partial charge in [0.25, 0.3) is 0 Å². The van der Waals surface area contributed by atoms with Crippen LogP contribution >= 0.6 is 0 Å². The Morgan fingerprint density at radius 2 is 2.00 bits per heavy atom. The van der Waals surface area contributed by atoms with Crippen molar-refractivity contribution in [3.8, 4) is 0 Å². The van der Waals surface area contributed by atoms with E-state index >= 15 is 0 Å². The number of halogens is 1. The maximum absolute atomic E-state index is 14.7. The third-order valence-corrected chi connectivity index (χ3v) is 5.00. The summed E-state index contributed by atoms with van der Waals surface area (Å²) < 4.78 is 14.7. The molecule has 1 atom stereocenters. The first-order chi connectivity index (χ1) is 14.2. The largest absolute Gasteiger partial charge is 0.397 e. The van der Waals surface area contributed by atoms with E-state index in [0.29, 0.717) is 12.2 Å². The van der Waals surface area contributed by atoms with Crippen LogP contribution in [0.25, 0.3) is 0 Å². The minimum atomic E-state index is -0.143. The molecule has 0 aliphatic rings. The van der Waals surface area contributed by atoms with Crippen molar-refractivity contribution in [3.05, 3.63) is 65.0 Å². The Labute approximate surface area is 182 Å². The van der Waals surface area contributed by atoms with Crippen molar-refractivity contribution in [3.63, 3.8) is 0 Å². The Bertz CT molecular complexity index is 793. The average Bonchev–Trinajstić information content (AvgIpc) is 2.67. The second-order valence-corrected chi connectivity index (χ2v) is 8.05. The lowest BCUT2D eigenvalue weighted by molar-refractivity contribution is 0.432. The van der Waals surface area contributed by atoms with Crippen LogP contribution in [-0.2, 0) is 6.42 Å². The highest BCUT2D eigenvalue weighted by molar-refractivity contribution is 5.60. The first kappa shape index (κ1) is 25.5. The van der Waals surface area contributed by atoms with Gasteiger partial charge in [-0.1, -0.05) is 39.0 Å². The number of hydrogen-bond acceptors (Lipinski definition) is 4. The molecule has 4 nitrogen and oxygen atoms in total. The number of aliphatic imine (C=N–C) groups is 1. The Morgan fingerprint density at radius 1 is 1.33 bits per heavy atom. The van der Waals surface area contributed by atoms with Crippen molar-refractivity contribution in [2.45, 2.75) is 72.8 Å². The fourth-order valence-corrected chi connectivity index (χ4v) is 3.61. The second kappa shape index (κ2) is 12.2. The summed E-state index contributed by atoms with van der Waals surface area (Å²) in [7, 11) is 0. The number of unbranched alkanes of at least 4 members (excludes halogenated alkanes) is 1. The van der Waals surface area contributed by atoms with Crippen LogP contribution in [0.5, 0.6) is 0 Å². The average molecular weight is 415 g/mol. The number of allylic oxidation sites excluding steroid dienone is 2. The van der Waals surface area contributed by atoms with Gasteiger partial charge in [-0.3, -0.25) is 4.99 Å².